The second kappa shape index (κ2) is 8.14. The monoisotopic (exact) mass is 245 g/mol. The fraction of sp³-hybridized carbons (Fsp3) is 0.500. The molecule has 1 amide bonds. The maximum absolute atomic E-state index is 11.1. The molecule has 0 aliphatic heterocycles. The van der Waals surface area contributed by atoms with Crippen molar-refractivity contribution in [2.24, 2.45) is 0 Å². The molecule has 7 nitrogen and oxygen atoms in total. The normalized spacial score (nSPS) is 11.7. The van der Waals surface area contributed by atoms with Gasteiger partial charge in [0.15, 0.2) is 0 Å². The van der Waals surface area contributed by atoms with Crippen molar-refractivity contribution in [1.29, 1.82) is 0 Å². The van der Waals surface area contributed by atoms with Crippen LogP contribution in [0.2, 0.25) is 0 Å². The van der Waals surface area contributed by atoms with E-state index in [0.29, 0.717) is 0 Å². The van der Waals surface area contributed by atoms with Gasteiger partial charge in [-0.05, 0) is 6.92 Å². The number of amides is 1. The Balaban J connectivity index is 3.87. The van der Waals surface area contributed by atoms with Crippen LogP contribution in [-0.4, -0.2) is 44.9 Å². The van der Waals surface area contributed by atoms with E-state index in [1.165, 1.54) is 14.2 Å². The lowest BCUT2D eigenvalue weighted by Gasteiger charge is -2.11. The second-order valence-electron chi connectivity index (χ2n) is 2.95. The van der Waals surface area contributed by atoms with Crippen molar-refractivity contribution in [2.45, 2.75) is 13.0 Å². The summed E-state index contributed by atoms with van der Waals surface area (Å²) in [5.41, 5.74) is 0. The number of methoxy groups -OCH3 is 1. The lowest BCUT2D eigenvalue weighted by atomic mass is 10.4. The van der Waals surface area contributed by atoms with E-state index in [1.54, 1.807) is 6.92 Å². The number of hydrogen-bond acceptors (Lipinski definition) is 6. The highest BCUT2D eigenvalue weighted by Crippen LogP contribution is 1.94. The third-order valence-electron chi connectivity index (χ3n) is 1.53. The zero-order valence-corrected chi connectivity index (χ0v) is 9.89. The fourth-order valence-corrected chi connectivity index (χ4v) is 0.727. The summed E-state index contributed by atoms with van der Waals surface area (Å²) < 4.78 is 13.7. The summed E-state index contributed by atoms with van der Waals surface area (Å²) in [6.07, 6.45) is 0.675. The molecule has 0 aromatic rings. The minimum absolute atomic E-state index is 0.0994. The van der Waals surface area contributed by atoms with Gasteiger partial charge in [-0.15, -0.1) is 0 Å². The van der Waals surface area contributed by atoms with E-state index in [9.17, 15) is 14.4 Å². The quantitative estimate of drug-likeness (QED) is 0.416. The maximum atomic E-state index is 11.1. The summed E-state index contributed by atoms with van der Waals surface area (Å²) in [6, 6.07) is 0. The Morgan fingerprint density at radius 1 is 1.24 bits per heavy atom. The van der Waals surface area contributed by atoms with Crippen molar-refractivity contribution in [3.05, 3.63) is 12.2 Å². The molecule has 0 spiro atoms. The molecule has 0 rings (SSSR count). The first kappa shape index (κ1) is 14.9. The molecule has 1 atom stereocenters. The summed E-state index contributed by atoms with van der Waals surface area (Å²) in [7, 11) is 2.61. The molecule has 1 N–H and O–H groups in total. The van der Waals surface area contributed by atoms with Crippen LogP contribution in [0.15, 0.2) is 12.2 Å². The Morgan fingerprint density at radius 3 is 2.35 bits per heavy atom. The number of hydrogen-bond donors (Lipinski definition) is 1. The van der Waals surface area contributed by atoms with E-state index in [2.05, 4.69) is 10.1 Å². The van der Waals surface area contributed by atoms with Gasteiger partial charge < -0.3 is 19.5 Å². The lowest BCUT2D eigenvalue weighted by Crippen LogP contribution is -2.27. The first-order chi connectivity index (χ1) is 7.99. The Morgan fingerprint density at radius 2 is 1.82 bits per heavy atom. The van der Waals surface area contributed by atoms with Crippen LogP contribution in [0.3, 0.4) is 0 Å². The highest BCUT2D eigenvalue weighted by molar-refractivity contribution is 5.91. The minimum atomic E-state index is -0.720. The van der Waals surface area contributed by atoms with Crippen LogP contribution < -0.4 is 5.32 Å². The van der Waals surface area contributed by atoms with Crippen LogP contribution in [0, 0.1) is 0 Å². The summed E-state index contributed by atoms with van der Waals surface area (Å²) >= 11 is 0. The Labute approximate surface area is 98.7 Å². The van der Waals surface area contributed by atoms with E-state index in [1.807, 2.05) is 0 Å². The van der Waals surface area contributed by atoms with Crippen molar-refractivity contribution >= 4 is 18.0 Å². The molecule has 0 aromatic heterocycles. The Kier molecular flexibility index (Phi) is 7.16. The summed E-state index contributed by atoms with van der Waals surface area (Å²) in [4.78, 5) is 32.5. The van der Waals surface area contributed by atoms with Gasteiger partial charge in [0, 0.05) is 19.2 Å². The van der Waals surface area contributed by atoms with Gasteiger partial charge in [0.05, 0.1) is 7.11 Å². The second-order valence-corrected chi connectivity index (χ2v) is 2.95. The van der Waals surface area contributed by atoms with Gasteiger partial charge in [0.1, 0.15) is 12.7 Å². The smallest absolute Gasteiger partial charge is 0.407 e. The van der Waals surface area contributed by atoms with E-state index in [4.69, 9.17) is 9.47 Å². The first-order valence-corrected chi connectivity index (χ1v) is 4.80. The van der Waals surface area contributed by atoms with Gasteiger partial charge in [-0.25, -0.2) is 14.4 Å². The largest absolute Gasteiger partial charge is 0.466 e. The summed E-state index contributed by atoms with van der Waals surface area (Å²) in [5, 5.41) is 2.25. The van der Waals surface area contributed by atoms with Crippen molar-refractivity contribution < 1.29 is 28.6 Å². The average molecular weight is 245 g/mol. The molecule has 0 fully saturated rings. The first-order valence-electron chi connectivity index (χ1n) is 4.80. The van der Waals surface area contributed by atoms with Crippen LogP contribution in [-0.2, 0) is 23.8 Å². The van der Waals surface area contributed by atoms with Gasteiger partial charge in [0.2, 0.25) is 0 Å². The number of alkyl carbamates (subject to hydrolysis) is 1. The number of rotatable bonds is 5. The third-order valence-corrected chi connectivity index (χ3v) is 1.53. The van der Waals surface area contributed by atoms with Gasteiger partial charge in [-0.3, -0.25) is 0 Å². The predicted octanol–water partition coefficient (Wildman–Crippen LogP) is 0.00330. The Bertz CT molecular complexity index is 312. The molecule has 0 bridgehead atoms. The standard InChI is InChI=1S/C10H15NO6/c1-7(17-10(14)11-2)6-16-9(13)5-4-8(12)15-3/h4-5,7H,6H2,1-3H3,(H,11,14)/b5-4+/t7-/m1/s1. The molecular formula is C10H15NO6. The highest BCUT2D eigenvalue weighted by Gasteiger charge is 2.09. The highest BCUT2D eigenvalue weighted by atomic mass is 16.6. The molecule has 0 heterocycles. The van der Waals surface area contributed by atoms with Crippen molar-refractivity contribution in [3.8, 4) is 0 Å². The summed E-state index contributed by atoms with van der Waals surface area (Å²) in [6.45, 7) is 1.46. The number of esters is 2. The van der Waals surface area contributed by atoms with E-state index in [0.717, 1.165) is 12.2 Å². The fourth-order valence-electron chi connectivity index (χ4n) is 0.727. The van der Waals surface area contributed by atoms with Crippen LogP contribution in [0.1, 0.15) is 6.92 Å². The molecule has 0 saturated heterocycles. The zero-order valence-electron chi connectivity index (χ0n) is 9.89. The Hall–Kier alpha value is -2.05. The van der Waals surface area contributed by atoms with Crippen molar-refractivity contribution in [3.63, 3.8) is 0 Å². The molecule has 7 heteroatoms. The zero-order chi connectivity index (χ0) is 13.3. The van der Waals surface area contributed by atoms with Gasteiger partial charge >= 0.3 is 18.0 Å². The molecule has 0 unspecified atom stereocenters. The lowest BCUT2D eigenvalue weighted by molar-refractivity contribution is -0.141. The van der Waals surface area contributed by atoms with Gasteiger partial charge in [-0.2, -0.15) is 0 Å². The number of ether oxygens (including phenoxy) is 3. The third kappa shape index (κ3) is 7.83. The molecule has 0 radical (unpaired) electrons. The number of carbonyl (C=O) groups is 3. The van der Waals surface area contributed by atoms with Gasteiger partial charge in [0.25, 0.3) is 0 Å². The average Bonchev–Trinajstić information content (AvgIpc) is 2.32. The van der Waals surface area contributed by atoms with Crippen LogP contribution >= 0.6 is 0 Å². The molecule has 0 aromatic carbocycles. The molecule has 0 aliphatic carbocycles. The van der Waals surface area contributed by atoms with Gasteiger partial charge in [-0.1, -0.05) is 0 Å². The number of nitrogens with one attached hydrogen (secondary N) is 1. The maximum Gasteiger partial charge on any atom is 0.407 e. The minimum Gasteiger partial charge on any atom is -0.466 e. The van der Waals surface area contributed by atoms with E-state index < -0.39 is 24.1 Å². The predicted molar refractivity (Wildman–Crippen MR) is 57.1 cm³/mol. The van der Waals surface area contributed by atoms with Crippen molar-refractivity contribution in [2.75, 3.05) is 20.8 Å². The molecule has 96 valence electrons. The topological polar surface area (TPSA) is 90.9 Å². The molecule has 0 aliphatic rings. The molecular weight excluding hydrogens is 230 g/mol. The summed E-state index contributed by atoms with van der Waals surface area (Å²) in [5.74, 6) is -1.38. The molecule has 17 heavy (non-hydrogen) atoms. The van der Waals surface area contributed by atoms with E-state index >= 15 is 0 Å². The van der Waals surface area contributed by atoms with Crippen LogP contribution in [0.4, 0.5) is 4.79 Å². The molecule has 0 saturated carbocycles. The SMILES string of the molecule is CNC(=O)O[C@H](C)COC(=O)/C=C/C(=O)OC. The van der Waals surface area contributed by atoms with E-state index in [-0.39, 0.29) is 6.61 Å². The number of carbonyl (C=O) groups excluding carboxylic acids is 3. The van der Waals surface area contributed by atoms with Crippen LogP contribution in [0.5, 0.6) is 0 Å². The van der Waals surface area contributed by atoms with Crippen LogP contribution in [0.25, 0.3) is 0 Å². The van der Waals surface area contributed by atoms with Crippen molar-refractivity contribution in [1.82, 2.24) is 5.32 Å².